The Bertz CT molecular complexity index is 3890. The summed E-state index contributed by atoms with van der Waals surface area (Å²) in [5, 5.41) is 11.4. The maximum Gasteiger partial charge on any atom is 0.0640 e. The van der Waals surface area contributed by atoms with Crippen LogP contribution in [-0.2, 0) is 0 Å². The zero-order valence-electron chi connectivity index (χ0n) is 34.2. The van der Waals surface area contributed by atoms with Crippen LogP contribution >= 0.6 is 11.3 Å². The first kappa shape index (κ1) is 35.7. The molecule has 3 heterocycles. The molecule has 0 bridgehead atoms. The third-order valence-electron chi connectivity index (χ3n) is 13.0. The van der Waals surface area contributed by atoms with Gasteiger partial charge in [-0.3, -0.25) is 0 Å². The summed E-state index contributed by atoms with van der Waals surface area (Å²) in [6, 6.07) is 82.4. The molecule has 0 amide bonds. The van der Waals surface area contributed by atoms with E-state index in [2.05, 4.69) is 240 Å². The molecule has 0 aliphatic carbocycles. The first-order valence-electron chi connectivity index (χ1n) is 21.6. The van der Waals surface area contributed by atoms with Gasteiger partial charge in [-0.15, -0.1) is 11.3 Å². The Balaban J connectivity index is 1.02. The fourth-order valence-corrected chi connectivity index (χ4v) is 11.4. The molecule has 0 N–H and O–H groups in total. The number of hydrogen-bond donors (Lipinski definition) is 0. The SMILES string of the molecule is c1ccc(-c2c3c4ccccc4c4ccccc4c3n3cccc(-c4ccc(N(c5ccc(-c6cccc7ccccc67)cc5)c5cccc6c5sc5ccccc56)cc4)c23)cc1. The van der Waals surface area contributed by atoms with Gasteiger partial charge in [0.05, 0.1) is 21.4 Å². The van der Waals surface area contributed by atoms with Crippen molar-refractivity contribution in [3.05, 3.63) is 231 Å². The van der Waals surface area contributed by atoms with Gasteiger partial charge in [-0.1, -0.05) is 182 Å². The van der Waals surface area contributed by atoms with Crippen LogP contribution in [-0.4, -0.2) is 4.40 Å². The Morgan fingerprint density at radius 1 is 0.349 bits per heavy atom. The largest absolute Gasteiger partial charge is 0.315 e. The van der Waals surface area contributed by atoms with Crippen LogP contribution in [0.2, 0.25) is 0 Å². The zero-order chi connectivity index (χ0) is 41.4. The molecule has 294 valence electrons. The normalized spacial score (nSPS) is 11.8. The Hall–Kier alpha value is -7.98. The molecule has 0 atom stereocenters. The average Bonchev–Trinajstić information content (AvgIpc) is 3.92. The highest BCUT2D eigenvalue weighted by molar-refractivity contribution is 7.26. The molecule has 63 heavy (non-hydrogen) atoms. The lowest BCUT2D eigenvalue weighted by Crippen LogP contribution is -2.10. The van der Waals surface area contributed by atoms with Gasteiger partial charge in [0.25, 0.3) is 0 Å². The molecule has 13 aromatic rings. The van der Waals surface area contributed by atoms with Gasteiger partial charge in [0, 0.05) is 54.9 Å². The second-order valence-corrected chi connectivity index (χ2v) is 17.5. The highest BCUT2D eigenvalue weighted by Gasteiger charge is 2.23. The molecular weight excluding hydrogens is 781 g/mol. The van der Waals surface area contributed by atoms with Crippen molar-refractivity contribution in [1.82, 2.24) is 4.40 Å². The van der Waals surface area contributed by atoms with Crippen molar-refractivity contribution in [2.75, 3.05) is 4.90 Å². The summed E-state index contributed by atoms with van der Waals surface area (Å²) in [4.78, 5) is 2.44. The molecular formula is C60H38N2S. The van der Waals surface area contributed by atoms with E-state index in [-0.39, 0.29) is 0 Å². The van der Waals surface area contributed by atoms with Crippen LogP contribution in [0.25, 0.3) is 102 Å². The number of thiophene rings is 1. The van der Waals surface area contributed by atoms with Gasteiger partial charge in [-0.2, -0.15) is 0 Å². The molecule has 10 aromatic carbocycles. The van der Waals surface area contributed by atoms with Crippen LogP contribution in [0.4, 0.5) is 17.1 Å². The van der Waals surface area contributed by atoms with Crippen LogP contribution in [0.3, 0.4) is 0 Å². The van der Waals surface area contributed by atoms with E-state index in [1.54, 1.807) is 0 Å². The molecule has 3 aromatic heterocycles. The molecule has 2 nitrogen and oxygen atoms in total. The first-order valence-corrected chi connectivity index (χ1v) is 22.4. The van der Waals surface area contributed by atoms with Gasteiger partial charge < -0.3 is 9.30 Å². The second-order valence-electron chi connectivity index (χ2n) is 16.4. The van der Waals surface area contributed by atoms with Crippen molar-refractivity contribution < 1.29 is 0 Å². The third-order valence-corrected chi connectivity index (χ3v) is 14.2. The minimum Gasteiger partial charge on any atom is -0.315 e. The van der Waals surface area contributed by atoms with Crippen molar-refractivity contribution in [1.29, 1.82) is 0 Å². The topological polar surface area (TPSA) is 7.65 Å². The molecule has 13 rings (SSSR count). The second kappa shape index (κ2) is 14.3. The van der Waals surface area contributed by atoms with E-state index in [1.807, 2.05) is 11.3 Å². The third kappa shape index (κ3) is 5.57. The molecule has 0 saturated carbocycles. The highest BCUT2D eigenvalue weighted by Crippen LogP contribution is 2.48. The maximum atomic E-state index is 2.45. The van der Waals surface area contributed by atoms with Crippen LogP contribution in [0.15, 0.2) is 231 Å². The lowest BCUT2D eigenvalue weighted by Gasteiger charge is -2.26. The van der Waals surface area contributed by atoms with Crippen molar-refractivity contribution in [2.24, 2.45) is 0 Å². The van der Waals surface area contributed by atoms with Crippen molar-refractivity contribution in [3.8, 4) is 33.4 Å². The summed E-state index contributed by atoms with van der Waals surface area (Å²) in [6.45, 7) is 0. The Labute approximate surface area is 368 Å². The van der Waals surface area contributed by atoms with E-state index in [0.717, 1.165) is 11.4 Å². The van der Waals surface area contributed by atoms with E-state index < -0.39 is 0 Å². The number of nitrogens with zero attached hydrogens (tertiary/aromatic N) is 2. The minimum atomic E-state index is 1.11. The molecule has 0 aliphatic rings. The number of anilines is 3. The Morgan fingerprint density at radius 2 is 0.905 bits per heavy atom. The highest BCUT2D eigenvalue weighted by atomic mass is 32.1. The molecule has 0 aliphatic heterocycles. The van der Waals surface area contributed by atoms with Gasteiger partial charge in [0.1, 0.15) is 0 Å². The summed E-state index contributed by atoms with van der Waals surface area (Å²) in [5.74, 6) is 0. The summed E-state index contributed by atoms with van der Waals surface area (Å²) in [7, 11) is 0. The summed E-state index contributed by atoms with van der Waals surface area (Å²) in [5.41, 5.74) is 13.1. The average molecular weight is 819 g/mol. The van der Waals surface area contributed by atoms with Gasteiger partial charge in [0.15, 0.2) is 0 Å². The monoisotopic (exact) mass is 818 g/mol. The molecule has 0 saturated heterocycles. The van der Waals surface area contributed by atoms with Gasteiger partial charge in [0.2, 0.25) is 0 Å². The zero-order valence-corrected chi connectivity index (χ0v) is 35.1. The van der Waals surface area contributed by atoms with Gasteiger partial charge in [-0.25, -0.2) is 0 Å². The van der Waals surface area contributed by atoms with Gasteiger partial charge in [-0.05, 0) is 91.6 Å². The number of hydrogen-bond acceptors (Lipinski definition) is 2. The van der Waals surface area contributed by atoms with E-state index in [4.69, 9.17) is 0 Å². The van der Waals surface area contributed by atoms with E-state index >= 15 is 0 Å². The lowest BCUT2D eigenvalue weighted by atomic mass is 9.93. The van der Waals surface area contributed by atoms with Crippen molar-refractivity contribution in [2.45, 2.75) is 0 Å². The molecule has 0 fully saturated rings. The number of benzene rings is 10. The molecule has 0 radical (unpaired) electrons. The lowest BCUT2D eigenvalue weighted by molar-refractivity contribution is 1.26. The summed E-state index contributed by atoms with van der Waals surface area (Å²) < 4.78 is 5.02. The van der Waals surface area contributed by atoms with E-state index in [0.29, 0.717) is 0 Å². The Morgan fingerprint density at radius 3 is 1.67 bits per heavy atom. The Kier molecular flexibility index (Phi) is 8.12. The predicted octanol–water partition coefficient (Wildman–Crippen LogP) is 17.4. The molecule has 3 heteroatoms. The standard InChI is InChI=1S/C60H38N2S/c1-2-16-42(17-3-1)56-57-51-23-8-6-20-48(51)49-21-7-9-24-52(49)59(57)61-38-14-27-47(58(56)61)41-32-36-44(37-33-41)62(54-28-13-26-53-50-22-10-11-29-55(50)63-60(53)54)43-34-30-40(31-35-43)46-25-12-18-39-15-4-5-19-45(39)46/h1-38H. The summed E-state index contributed by atoms with van der Waals surface area (Å²) in [6.07, 6.45) is 2.25. The van der Waals surface area contributed by atoms with Crippen LogP contribution < -0.4 is 4.90 Å². The number of aromatic nitrogens is 1. The summed E-state index contributed by atoms with van der Waals surface area (Å²) >= 11 is 1.87. The van der Waals surface area contributed by atoms with E-state index in [9.17, 15) is 0 Å². The minimum absolute atomic E-state index is 1.11. The molecule has 0 spiro atoms. The maximum absolute atomic E-state index is 2.45. The fourth-order valence-electron chi connectivity index (χ4n) is 10.2. The fraction of sp³-hybridized carbons (Fsp3) is 0. The van der Waals surface area contributed by atoms with Crippen LogP contribution in [0.5, 0.6) is 0 Å². The smallest absolute Gasteiger partial charge is 0.0640 e. The van der Waals surface area contributed by atoms with Gasteiger partial charge >= 0.3 is 0 Å². The van der Waals surface area contributed by atoms with Crippen molar-refractivity contribution >= 4 is 97.3 Å². The first-order chi connectivity index (χ1) is 31.3. The van der Waals surface area contributed by atoms with Crippen molar-refractivity contribution in [3.63, 3.8) is 0 Å². The molecule has 0 unspecified atom stereocenters. The van der Waals surface area contributed by atoms with Crippen LogP contribution in [0.1, 0.15) is 0 Å². The number of fused-ring (bicyclic) bond motifs is 12. The number of rotatable bonds is 6. The van der Waals surface area contributed by atoms with Crippen LogP contribution in [0, 0.1) is 0 Å². The quantitative estimate of drug-likeness (QED) is 0.152. The number of pyridine rings is 1. The van der Waals surface area contributed by atoms with E-state index in [1.165, 1.54) is 108 Å². The predicted molar refractivity (Wildman–Crippen MR) is 271 cm³/mol.